The van der Waals surface area contributed by atoms with Crippen molar-refractivity contribution < 1.29 is 110 Å². The van der Waals surface area contributed by atoms with Crippen LogP contribution in [0.4, 0.5) is 0 Å². The van der Waals surface area contributed by atoms with E-state index in [1.54, 1.807) is 40.9 Å². The molecule has 0 aromatic carbocycles. The van der Waals surface area contributed by atoms with Crippen molar-refractivity contribution in [1.29, 1.82) is 0 Å². The van der Waals surface area contributed by atoms with Gasteiger partial charge >= 0.3 is 29.8 Å². The maximum absolute atomic E-state index is 14.8. The molecule has 102 heavy (non-hydrogen) atoms. The van der Waals surface area contributed by atoms with Gasteiger partial charge < -0.3 is 66.9 Å². The van der Waals surface area contributed by atoms with Crippen LogP contribution in [-0.2, 0) is 91.1 Å². The van der Waals surface area contributed by atoms with Crippen LogP contribution in [0.1, 0.15) is 205 Å². The molecule has 24 heteroatoms. The van der Waals surface area contributed by atoms with E-state index in [4.69, 9.17) is 51.8 Å². The molecular formula is C78H107NO23. The second-order valence-corrected chi connectivity index (χ2v) is 30.5. The largest absolute Gasteiger partial charge is 0.462 e. The number of ether oxygens (including phenoxy) is 10. The highest BCUT2D eigenvalue weighted by Crippen LogP contribution is 2.63. The Kier molecular flexibility index (Phi) is 26.1. The maximum Gasteiger partial charge on any atom is 0.342 e. The van der Waals surface area contributed by atoms with Crippen molar-refractivity contribution in [2.75, 3.05) is 41.6 Å². The van der Waals surface area contributed by atoms with Gasteiger partial charge in [-0.25, -0.2) is 9.59 Å². The molecule has 21 atom stereocenters. The summed E-state index contributed by atoms with van der Waals surface area (Å²) in [4.78, 5) is 142. The van der Waals surface area contributed by atoms with Gasteiger partial charge in [-0.1, -0.05) is 78.0 Å². The highest BCUT2D eigenvalue weighted by molar-refractivity contribution is 6.39. The standard InChI is InChI=1S/C78H107NO23/c1-41-20-16-15-17-21-42(2)56(93-12)36-50-25-23-47(7)78(91,102-50)72(87)73(88)79-31-19-18-22-53(79)75(90)99-57(37-54(81)43(3)33-46(6)68(85)71(95-14)67(84)45(5)32-41)44(4)34-49-24-27-55(58(35-49)94-13)98-62(82)29-30-63(83)100-60-28-26-52-64-66(59(97-48(8)80)38-76(52,60)9)77(10)61(40-92-11)101-74(89)51-39-96-70(65(51)77)69(64)86/h15-17,20-21,33,39,41,43-45,47,49-50,52-53,55-61,68,71,85,91H,18-19,22-32,34-38,40H2,1-14H3/b17-15+,20-16+,42-21+,46-33+/t41-,43-,44-,45-,47-,49+,50+,52+,53+,55-,56+,57+,58-,59-,60+,61-,68-,71+,76+,77+,78-/m1/s1. The Morgan fingerprint density at radius 2 is 1.50 bits per heavy atom. The number of Topliss-reactive ketones (excluding diaryl/α,β-unsaturated/α-hetero) is 4. The molecule has 1 aromatic heterocycles. The van der Waals surface area contributed by atoms with Crippen LogP contribution in [0.5, 0.6) is 0 Å². The summed E-state index contributed by atoms with van der Waals surface area (Å²) < 4.78 is 65.7. The average molecular weight is 1430 g/mol. The van der Waals surface area contributed by atoms with Gasteiger partial charge in [-0.15, -0.1) is 0 Å². The molecule has 562 valence electrons. The number of rotatable bonds is 14. The molecule has 5 heterocycles. The molecule has 4 fully saturated rings. The zero-order chi connectivity index (χ0) is 74.4. The zero-order valence-electron chi connectivity index (χ0n) is 61.8. The predicted molar refractivity (Wildman–Crippen MR) is 368 cm³/mol. The molecule has 2 N–H and O–H groups in total. The molecule has 2 bridgehead atoms. The van der Waals surface area contributed by atoms with Crippen molar-refractivity contribution >= 4 is 58.9 Å². The number of methoxy groups -OCH3 is 4. The van der Waals surface area contributed by atoms with Crippen molar-refractivity contribution in [3.63, 3.8) is 0 Å². The van der Waals surface area contributed by atoms with Gasteiger partial charge in [0.15, 0.2) is 11.5 Å². The third kappa shape index (κ3) is 16.6. The third-order valence-corrected chi connectivity index (χ3v) is 23.4. The lowest BCUT2D eigenvalue weighted by atomic mass is 9.54. The number of aliphatic hydroxyl groups is 2. The molecule has 4 aliphatic heterocycles. The molecule has 24 nitrogen and oxygen atoms in total. The van der Waals surface area contributed by atoms with Gasteiger partial charge in [0.05, 0.1) is 43.2 Å². The van der Waals surface area contributed by atoms with Crippen LogP contribution in [0.25, 0.3) is 0 Å². The summed E-state index contributed by atoms with van der Waals surface area (Å²) in [6, 6.07) is -1.25. The number of carbonyl (C=O) groups is 10. The molecule has 0 radical (unpaired) electrons. The van der Waals surface area contributed by atoms with Gasteiger partial charge in [-0.3, -0.25) is 38.4 Å². The van der Waals surface area contributed by atoms with Crippen LogP contribution in [0.2, 0.25) is 0 Å². The number of piperidine rings is 1. The van der Waals surface area contributed by atoms with Gasteiger partial charge in [0, 0.05) is 89.1 Å². The topological polar surface area (TPSA) is 320 Å². The fourth-order valence-corrected chi connectivity index (χ4v) is 17.5. The first-order valence-corrected chi connectivity index (χ1v) is 36.5. The summed E-state index contributed by atoms with van der Waals surface area (Å²) >= 11 is 0. The van der Waals surface area contributed by atoms with Crippen molar-refractivity contribution in [2.45, 2.75) is 257 Å². The lowest BCUT2D eigenvalue weighted by Crippen LogP contribution is -2.61. The molecule has 0 spiro atoms. The van der Waals surface area contributed by atoms with Crippen LogP contribution in [-0.4, -0.2) is 188 Å². The van der Waals surface area contributed by atoms with E-state index in [1.165, 1.54) is 34.5 Å². The Balaban J connectivity index is 0.877. The van der Waals surface area contributed by atoms with Gasteiger partial charge in [0.2, 0.25) is 11.6 Å². The number of cyclic esters (lactones) is 2. The van der Waals surface area contributed by atoms with E-state index < -0.39 is 161 Å². The van der Waals surface area contributed by atoms with E-state index >= 15 is 0 Å². The minimum absolute atomic E-state index is 0.00324. The number of allylic oxidation sites excluding steroid dienone is 7. The Morgan fingerprint density at radius 1 is 0.775 bits per heavy atom. The maximum atomic E-state index is 14.8. The normalized spacial score (nSPS) is 38.1. The summed E-state index contributed by atoms with van der Waals surface area (Å²) in [6.07, 6.45) is 7.83. The number of esters is 5. The summed E-state index contributed by atoms with van der Waals surface area (Å²) in [6.45, 7) is 17.4. The number of carbonyl (C=O) groups excluding carboxylic acids is 10. The number of amides is 1. The van der Waals surface area contributed by atoms with Crippen molar-refractivity contribution in [1.82, 2.24) is 4.90 Å². The van der Waals surface area contributed by atoms with Crippen molar-refractivity contribution in [3.8, 4) is 0 Å². The average Bonchev–Trinajstić information content (AvgIpc) is 1.40. The lowest BCUT2D eigenvalue weighted by Gasteiger charge is -2.52. The van der Waals surface area contributed by atoms with Crippen LogP contribution in [0, 0.1) is 46.8 Å². The van der Waals surface area contributed by atoms with Crippen LogP contribution < -0.4 is 0 Å². The van der Waals surface area contributed by atoms with E-state index in [0.717, 1.165) is 10.5 Å². The predicted octanol–water partition coefficient (Wildman–Crippen LogP) is 9.40. The molecule has 0 unspecified atom stereocenters. The SMILES string of the molecule is COC[C@H]1OC(=O)c2coc3c2[C@@]1(C)C1=C(C3=O)[C@@H]2CC[C@H](OC(=O)CCC(=O)O[C@@H]3CC[C@@H](C[C@@H](C)[C@@H]4CC(=O)[C@H](C)/C=C(\C)[C@@H](O)[C@@H](OC)C(=O)[C@H](C)C[C@H](C)/C=C/C=C/C=C(\C)[C@@H](OC)C[C@@H]5CC[C@@H](C)[C@@](O)(O5)C(=O)C(=O)N5CCCC[C@H]5C(=O)O4)C[C@H]3OC)[C@@]2(C)C[C@H]1OC(C)=O. The first kappa shape index (κ1) is 79.3. The number of nitrogens with zero attached hydrogens (tertiary/aromatic N) is 1. The molecular weight excluding hydrogens is 1320 g/mol. The van der Waals surface area contributed by atoms with Gasteiger partial charge in [0.25, 0.3) is 11.7 Å². The van der Waals surface area contributed by atoms with Crippen molar-refractivity contribution in [2.24, 2.45) is 46.8 Å². The molecule has 9 rings (SSSR count). The fourth-order valence-electron chi connectivity index (χ4n) is 17.5. The summed E-state index contributed by atoms with van der Waals surface area (Å²) in [7, 11) is 5.88. The molecule has 8 aliphatic rings. The summed E-state index contributed by atoms with van der Waals surface area (Å²) in [5.41, 5.74) is 0.416. The number of hydrogen-bond donors (Lipinski definition) is 2. The van der Waals surface area contributed by atoms with E-state index in [2.05, 4.69) is 0 Å². The number of fused-ring (bicyclic) bond motifs is 6. The minimum atomic E-state index is -2.51. The van der Waals surface area contributed by atoms with E-state index in [9.17, 15) is 58.2 Å². The van der Waals surface area contributed by atoms with Gasteiger partial charge in [-0.2, -0.15) is 0 Å². The Labute approximate surface area is 598 Å². The number of hydrogen-bond acceptors (Lipinski definition) is 23. The quantitative estimate of drug-likeness (QED) is 0.0758. The molecule has 1 amide bonds. The third-order valence-electron chi connectivity index (χ3n) is 23.4. The lowest BCUT2D eigenvalue weighted by molar-refractivity contribution is -0.265. The van der Waals surface area contributed by atoms with E-state index in [0.29, 0.717) is 92.9 Å². The minimum Gasteiger partial charge on any atom is -0.462 e. The molecule has 2 saturated carbocycles. The first-order chi connectivity index (χ1) is 48.3. The fraction of sp³-hybridized carbons (Fsp3) is 0.692. The Hall–Kier alpha value is -6.80. The summed E-state index contributed by atoms with van der Waals surface area (Å²) in [5, 5.41) is 23.8. The van der Waals surface area contributed by atoms with E-state index in [1.807, 2.05) is 65.0 Å². The van der Waals surface area contributed by atoms with Crippen LogP contribution in [0.3, 0.4) is 0 Å². The first-order valence-electron chi connectivity index (χ1n) is 36.5. The number of aliphatic hydroxyl groups excluding tert-OH is 1. The van der Waals surface area contributed by atoms with Crippen LogP contribution >= 0.6 is 0 Å². The monoisotopic (exact) mass is 1430 g/mol. The smallest absolute Gasteiger partial charge is 0.342 e. The number of furan rings is 1. The highest BCUT2D eigenvalue weighted by atomic mass is 16.6. The Morgan fingerprint density at radius 3 is 2.19 bits per heavy atom. The number of ketones is 4. The van der Waals surface area contributed by atoms with Gasteiger partial charge in [0.1, 0.15) is 66.4 Å². The second-order valence-electron chi connectivity index (χ2n) is 30.5. The van der Waals surface area contributed by atoms with Gasteiger partial charge in [-0.05, 0) is 145 Å². The van der Waals surface area contributed by atoms with Crippen molar-refractivity contribution in [3.05, 3.63) is 81.9 Å². The van der Waals surface area contributed by atoms with E-state index in [-0.39, 0.29) is 86.4 Å². The highest BCUT2D eigenvalue weighted by Gasteiger charge is 2.65. The Bertz CT molecular complexity index is 3480. The second kappa shape index (κ2) is 33.5. The molecule has 2 saturated heterocycles. The molecule has 1 aromatic rings. The van der Waals surface area contributed by atoms with Crippen LogP contribution in [0.15, 0.2) is 69.4 Å². The zero-order valence-corrected chi connectivity index (χ0v) is 61.8. The molecule has 4 aliphatic carbocycles. The summed E-state index contributed by atoms with van der Waals surface area (Å²) in [5.74, 6) is -12.6.